The van der Waals surface area contributed by atoms with Crippen LogP contribution in [0.5, 0.6) is 17.2 Å². The lowest BCUT2D eigenvalue weighted by Gasteiger charge is -2.38. The molecular weight excluding hydrogens is 414 g/mol. The minimum atomic E-state index is -0.243. The summed E-state index contributed by atoms with van der Waals surface area (Å²) in [5, 5.41) is 0.482. The molecule has 0 aliphatic carbocycles. The lowest BCUT2D eigenvalue weighted by atomic mass is 9.87. The molecule has 5 nitrogen and oxygen atoms in total. The summed E-state index contributed by atoms with van der Waals surface area (Å²) < 4.78 is 16.7. The van der Waals surface area contributed by atoms with Crippen molar-refractivity contribution < 1.29 is 19.0 Å². The average molecular weight is 438 g/mol. The molecule has 0 saturated heterocycles. The molecule has 1 aliphatic rings. The molecule has 160 valence electrons. The summed E-state index contributed by atoms with van der Waals surface area (Å²) in [6.07, 6.45) is 0.719. The molecule has 1 unspecified atom stereocenters. The number of halogens is 1. The number of benzene rings is 3. The molecule has 0 spiro atoms. The van der Waals surface area contributed by atoms with Crippen molar-refractivity contribution >= 4 is 17.5 Å². The topological polar surface area (TPSA) is 48.0 Å². The van der Waals surface area contributed by atoms with Gasteiger partial charge in [-0.25, -0.2) is 0 Å². The van der Waals surface area contributed by atoms with Gasteiger partial charge in [0.1, 0.15) is 5.75 Å². The molecule has 0 radical (unpaired) electrons. The van der Waals surface area contributed by atoms with E-state index in [2.05, 4.69) is 0 Å². The van der Waals surface area contributed by atoms with Gasteiger partial charge in [0.25, 0.3) is 5.91 Å². The Morgan fingerprint density at radius 3 is 2.35 bits per heavy atom. The molecule has 4 rings (SSSR count). The van der Waals surface area contributed by atoms with Crippen LogP contribution in [0.3, 0.4) is 0 Å². The minimum Gasteiger partial charge on any atom is -0.493 e. The quantitative estimate of drug-likeness (QED) is 0.549. The molecule has 0 saturated carbocycles. The van der Waals surface area contributed by atoms with Gasteiger partial charge in [0.05, 0.1) is 25.3 Å². The maximum Gasteiger partial charge on any atom is 0.261 e. The second-order valence-electron chi connectivity index (χ2n) is 7.28. The second-order valence-corrected chi connectivity index (χ2v) is 7.68. The van der Waals surface area contributed by atoms with Crippen LogP contribution in [0, 0.1) is 0 Å². The Morgan fingerprint density at radius 2 is 1.65 bits per heavy atom. The number of fused-ring (bicyclic) bond motifs is 1. The van der Waals surface area contributed by atoms with Gasteiger partial charge in [-0.05, 0) is 47.4 Å². The summed E-state index contributed by atoms with van der Waals surface area (Å²) in [6, 6.07) is 20.9. The molecule has 0 aromatic heterocycles. The molecule has 1 amide bonds. The Bertz CT molecular complexity index is 1070. The van der Waals surface area contributed by atoms with Gasteiger partial charge in [-0.3, -0.25) is 4.79 Å². The van der Waals surface area contributed by atoms with Crippen molar-refractivity contribution in [1.82, 2.24) is 4.90 Å². The highest BCUT2D eigenvalue weighted by molar-refractivity contribution is 6.32. The monoisotopic (exact) mass is 437 g/mol. The van der Waals surface area contributed by atoms with E-state index in [4.69, 9.17) is 25.8 Å². The van der Waals surface area contributed by atoms with Crippen molar-refractivity contribution in [2.75, 3.05) is 27.4 Å². The fraction of sp³-hybridized carbons (Fsp3) is 0.240. The van der Waals surface area contributed by atoms with Crippen LogP contribution in [0.25, 0.3) is 0 Å². The van der Waals surface area contributed by atoms with E-state index < -0.39 is 0 Å². The minimum absolute atomic E-state index is 0.0876. The highest BCUT2D eigenvalue weighted by atomic mass is 35.5. The van der Waals surface area contributed by atoms with E-state index in [0.29, 0.717) is 28.8 Å². The normalized spacial score (nSPS) is 15.2. The summed E-state index contributed by atoms with van der Waals surface area (Å²) in [7, 11) is 3.24. The highest BCUT2D eigenvalue weighted by Crippen LogP contribution is 2.41. The zero-order valence-electron chi connectivity index (χ0n) is 17.5. The number of hydrogen-bond donors (Lipinski definition) is 0. The Labute approximate surface area is 187 Å². The molecule has 6 heteroatoms. The van der Waals surface area contributed by atoms with Crippen molar-refractivity contribution in [2.24, 2.45) is 0 Å². The Kier molecular flexibility index (Phi) is 6.33. The predicted molar refractivity (Wildman–Crippen MR) is 120 cm³/mol. The number of methoxy groups -OCH3 is 2. The fourth-order valence-electron chi connectivity index (χ4n) is 3.99. The van der Waals surface area contributed by atoms with Crippen LogP contribution in [0.4, 0.5) is 0 Å². The van der Waals surface area contributed by atoms with Gasteiger partial charge < -0.3 is 19.1 Å². The van der Waals surface area contributed by atoms with Gasteiger partial charge in [0, 0.05) is 6.54 Å². The van der Waals surface area contributed by atoms with Gasteiger partial charge in [-0.15, -0.1) is 0 Å². The van der Waals surface area contributed by atoms with Gasteiger partial charge in [-0.1, -0.05) is 54.1 Å². The largest absolute Gasteiger partial charge is 0.493 e. The first-order valence-corrected chi connectivity index (χ1v) is 10.5. The third kappa shape index (κ3) is 4.32. The molecule has 1 aliphatic heterocycles. The third-order valence-electron chi connectivity index (χ3n) is 5.50. The van der Waals surface area contributed by atoms with Gasteiger partial charge in [-0.2, -0.15) is 0 Å². The first kappa shape index (κ1) is 21.1. The number of ether oxygens (including phenoxy) is 3. The first-order valence-electron chi connectivity index (χ1n) is 10.1. The van der Waals surface area contributed by atoms with Crippen molar-refractivity contribution in [3.05, 3.63) is 88.4 Å². The van der Waals surface area contributed by atoms with Crippen molar-refractivity contribution in [3.8, 4) is 17.2 Å². The van der Waals surface area contributed by atoms with E-state index in [1.165, 1.54) is 0 Å². The predicted octanol–water partition coefficient (Wildman–Crippen LogP) is 4.91. The molecule has 3 aromatic rings. The molecule has 1 heterocycles. The Balaban J connectivity index is 1.68. The number of para-hydroxylation sites is 1. The lowest BCUT2D eigenvalue weighted by molar-refractivity contribution is -0.135. The van der Waals surface area contributed by atoms with E-state index in [1.54, 1.807) is 26.4 Å². The molecule has 1 atom stereocenters. The van der Waals surface area contributed by atoms with Gasteiger partial charge in [0.2, 0.25) is 0 Å². The van der Waals surface area contributed by atoms with E-state index >= 15 is 0 Å². The number of carbonyl (C=O) groups is 1. The van der Waals surface area contributed by atoms with Gasteiger partial charge in [0.15, 0.2) is 18.1 Å². The molecule has 0 bridgehead atoms. The van der Waals surface area contributed by atoms with Crippen LogP contribution in [-0.2, 0) is 11.2 Å². The fourth-order valence-corrected chi connectivity index (χ4v) is 4.18. The third-order valence-corrected chi connectivity index (χ3v) is 5.81. The number of rotatable bonds is 6. The zero-order valence-corrected chi connectivity index (χ0v) is 18.3. The number of hydrogen-bond acceptors (Lipinski definition) is 4. The number of carbonyl (C=O) groups excluding carboxylic acids is 1. The SMILES string of the molecule is COc1cc2c(cc1OC)C(c1ccccc1)N(C(=O)COc1ccccc1Cl)CC2. The first-order chi connectivity index (χ1) is 15.1. The number of amides is 1. The van der Waals surface area contributed by atoms with E-state index in [9.17, 15) is 4.79 Å². The second kappa shape index (κ2) is 9.31. The molecule has 0 N–H and O–H groups in total. The smallest absolute Gasteiger partial charge is 0.261 e. The van der Waals surface area contributed by atoms with Crippen LogP contribution in [0.2, 0.25) is 5.02 Å². The lowest BCUT2D eigenvalue weighted by Crippen LogP contribution is -2.43. The summed E-state index contributed by atoms with van der Waals surface area (Å²) in [5.41, 5.74) is 3.20. The van der Waals surface area contributed by atoms with Crippen LogP contribution in [0.1, 0.15) is 22.7 Å². The van der Waals surface area contributed by atoms with Crippen molar-refractivity contribution in [2.45, 2.75) is 12.5 Å². The van der Waals surface area contributed by atoms with Crippen LogP contribution < -0.4 is 14.2 Å². The molecular formula is C25H24ClNO4. The van der Waals surface area contributed by atoms with Crippen LogP contribution in [-0.4, -0.2) is 38.2 Å². The Hall–Kier alpha value is -3.18. The van der Waals surface area contributed by atoms with Crippen molar-refractivity contribution in [1.29, 1.82) is 0 Å². The van der Waals surface area contributed by atoms with Crippen molar-refractivity contribution in [3.63, 3.8) is 0 Å². The van der Waals surface area contributed by atoms with E-state index in [-0.39, 0.29) is 18.6 Å². The Morgan fingerprint density at radius 1 is 0.968 bits per heavy atom. The molecule has 3 aromatic carbocycles. The zero-order chi connectivity index (χ0) is 21.8. The number of nitrogens with zero attached hydrogens (tertiary/aromatic N) is 1. The highest BCUT2D eigenvalue weighted by Gasteiger charge is 2.33. The maximum atomic E-state index is 13.3. The van der Waals surface area contributed by atoms with E-state index in [0.717, 1.165) is 23.1 Å². The standard InChI is InChI=1S/C25H24ClNO4/c1-29-22-14-18-12-13-27(24(28)16-31-21-11-7-6-10-20(21)26)25(17-8-4-3-5-9-17)19(18)15-23(22)30-2/h3-11,14-15,25H,12-13,16H2,1-2H3. The summed E-state index contributed by atoms with van der Waals surface area (Å²) in [6.45, 7) is 0.489. The molecule has 31 heavy (non-hydrogen) atoms. The van der Waals surface area contributed by atoms with E-state index in [1.807, 2.05) is 59.5 Å². The maximum absolute atomic E-state index is 13.3. The van der Waals surface area contributed by atoms with Crippen LogP contribution >= 0.6 is 11.6 Å². The van der Waals surface area contributed by atoms with Crippen LogP contribution in [0.15, 0.2) is 66.7 Å². The molecule has 0 fully saturated rings. The average Bonchev–Trinajstić information content (AvgIpc) is 2.82. The summed E-state index contributed by atoms with van der Waals surface area (Å²) in [4.78, 5) is 15.1. The summed E-state index contributed by atoms with van der Waals surface area (Å²) >= 11 is 6.17. The van der Waals surface area contributed by atoms with Gasteiger partial charge >= 0.3 is 0 Å². The summed E-state index contributed by atoms with van der Waals surface area (Å²) in [5.74, 6) is 1.73.